The molecule has 0 aliphatic carbocycles. The molecule has 1 rings (SSSR count). The van der Waals surface area contributed by atoms with Crippen molar-refractivity contribution in [2.45, 2.75) is 34.1 Å². The van der Waals surface area contributed by atoms with Gasteiger partial charge >= 0.3 is 0 Å². The summed E-state index contributed by atoms with van der Waals surface area (Å²) in [5.74, 6) is 1.40. The lowest BCUT2D eigenvalue weighted by Gasteiger charge is -2.14. The van der Waals surface area contributed by atoms with Gasteiger partial charge in [-0.25, -0.2) is 0 Å². The summed E-state index contributed by atoms with van der Waals surface area (Å²) in [6.07, 6.45) is 4.97. The predicted octanol–water partition coefficient (Wildman–Crippen LogP) is 2.81. The fourth-order valence-electron chi connectivity index (χ4n) is 1.78. The maximum Gasteiger partial charge on any atom is 0.0302 e. The van der Waals surface area contributed by atoms with Gasteiger partial charge in [0.2, 0.25) is 0 Å². The van der Waals surface area contributed by atoms with E-state index < -0.39 is 0 Å². The molecule has 1 N–H and O–H groups in total. The van der Waals surface area contributed by atoms with Gasteiger partial charge in [-0.05, 0) is 55.5 Å². The van der Waals surface area contributed by atoms with Crippen molar-refractivity contribution in [3.8, 4) is 0 Å². The molecule has 0 bridgehead atoms. The van der Waals surface area contributed by atoms with E-state index in [-0.39, 0.29) is 0 Å². The van der Waals surface area contributed by atoms with Gasteiger partial charge in [0.15, 0.2) is 0 Å². The van der Waals surface area contributed by atoms with E-state index in [0.717, 1.165) is 25.4 Å². The van der Waals surface area contributed by atoms with E-state index in [0.29, 0.717) is 5.92 Å². The van der Waals surface area contributed by atoms with E-state index in [1.807, 2.05) is 12.4 Å². The summed E-state index contributed by atoms with van der Waals surface area (Å²) in [4.78, 5) is 4.19. The van der Waals surface area contributed by atoms with Gasteiger partial charge in [0.25, 0.3) is 0 Å². The summed E-state index contributed by atoms with van der Waals surface area (Å²) in [5, 5.41) is 3.50. The van der Waals surface area contributed by atoms with Crippen molar-refractivity contribution in [1.29, 1.82) is 0 Å². The van der Waals surface area contributed by atoms with Gasteiger partial charge < -0.3 is 5.32 Å². The van der Waals surface area contributed by atoms with Crippen molar-refractivity contribution in [2.75, 3.05) is 13.1 Å². The van der Waals surface area contributed by atoms with Crippen molar-refractivity contribution in [2.24, 2.45) is 11.8 Å². The van der Waals surface area contributed by atoms with Crippen molar-refractivity contribution >= 4 is 0 Å². The number of hydrogen-bond donors (Lipinski definition) is 1. The Morgan fingerprint density at radius 3 is 2.62 bits per heavy atom. The molecule has 1 unspecified atom stereocenters. The van der Waals surface area contributed by atoms with Crippen molar-refractivity contribution in [1.82, 2.24) is 10.3 Å². The standard InChI is InChI=1S/C14H24N2/c1-11(2)8-16-9-12(3)7-14-10-15-6-5-13(14)4/h5-6,10-12,16H,7-9H2,1-4H3. The fourth-order valence-corrected chi connectivity index (χ4v) is 1.78. The van der Waals surface area contributed by atoms with Crippen molar-refractivity contribution in [3.63, 3.8) is 0 Å². The first-order chi connectivity index (χ1) is 7.59. The van der Waals surface area contributed by atoms with Crippen molar-refractivity contribution < 1.29 is 0 Å². The van der Waals surface area contributed by atoms with E-state index in [1.165, 1.54) is 11.1 Å². The second-order valence-corrected chi connectivity index (χ2v) is 5.16. The third-order valence-electron chi connectivity index (χ3n) is 2.76. The molecular weight excluding hydrogens is 196 g/mol. The van der Waals surface area contributed by atoms with Crippen LogP contribution in [0.4, 0.5) is 0 Å². The van der Waals surface area contributed by atoms with Crippen LogP contribution in [-0.2, 0) is 6.42 Å². The van der Waals surface area contributed by atoms with Crippen LogP contribution in [0, 0.1) is 18.8 Å². The average molecular weight is 220 g/mol. The summed E-state index contributed by atoms with van der Waals surface area (Å²) >= 11 is 0. The molecule has 0 aliphatic rings. The molecule has 2 heteroatoms. The molecule has 0 aromatic carbocycles. The first-order valence-electron chi connectivity index (χ1n) is 6.19. The van der Waals surface area contributed by atoms with E-state index >= 15 is 0 Å². The molecule has 2 nitrogen and oxygen atoms in total. The number of nitrogens with zero attached hydrogens (tertiary/aromatic N) is 1. The molecule has 0 radical (unpaired) electrons. The lowest BCUT2D eigenvalue weighted by molar-refractivity contribution is 0.473. The van der Waals surface area contributed by atoms with E-state index in [2.05, 4.69) is 44.1 Å². The van der Waals surface area contributed by atoms with E-state index in [9.17, 15) is 0 Å². The third-order valence-corrected chi connectivity index (χ3v) is 2.76. The second kappa shape index (κ2) is 6.64. The summed E-state index contributed by atoms with van der Waals surface area (Å²) in [5.41, 5.74) is 2.73. The number of hydrogen-bond acceptors (Lipinski definition) is 2. The lowest BCUT2D eigenvalue weighted by Crippen LogP contribution is -2.26. The molecule has 1 aromatic rings. The Labute approximate surface area is 99.5 Å². The molecule has 1 atom stereocenters. The minimum absolute atomic E-state index is 0.668. The van der Waals surface area contributed by atoms with Crippen molar-refractivity contribution in [3.05, 3.63) is 29.6 Å². The zero-order valence-corrected chi connectivity index (χ0v) is 11.0. The minimum Gasteiger partial charge on any atom is -0.316 e. The molecule has 0 amide bonds. The average Bonchev–Trinajstić information content (AvgIpc) is 2.21. The van der Waals surface area contributed by atoms with Gasteiger partial charge in [0, 0.05) is 12.4 Å². The summed E-state index contributed by atoms with van der Waals surface area (Å²) in [7, 11) is 0. The predicted molar refractivity (Wildman–Crippen MR) is 69.5 cm³/mol. The van der Waals surface area contributed by atoms with Gasteiger partial charge in [-0.2, -0.15) is 0 Å². The smallest absolute Gasteiger partial charge is 0.0302 e. The van der Waals surface area contributed by atoms with E-state index in [4.69, 9.17) is 0 Å². The van der Waals surface area contributed by atoms with Crippen LogP contribution in [0.2, 0.25) is 0 Å². The van der Waals surface area contributed by atoms with Crippen LogP contribution in [0.25, 0.3) is 0 Å². The van der Waals surface area contributed by atoms with Crippen LogP contribution in [0.1, 0.15) is 31.9 Å². The van der Waals surface area contributed by atoms with Crippen LogP contribution in [0.3, 0.4) is 0 Å². The molecule has 0 fully saturated rings. The van der Waals surface area contributed by atoms with Crippen LogP contribution >= 0.6 is 0 Å². The molecule has 0 saturated carbocycles. The zero-order valence-electron chi connectivity index (χ0n) is 11.0. The van der Waals surface area contributed by atoms with Gasteiger partial charge in [-0.15, -0.1) is 0 Å². The van der Waals surface area contributed by atoms with Gasteiger partial charge in [0.05, 0.1) is 0 Å². The number of nitrogens with one attached hydrogen (secondary N) is 1. The topological polar surface area (TPSA) is 24.9 Å². The first-order valence-corrected chi connectivity index (χ1v) is 6.19. The molecule has 0 saturated heterocycles. The second-order valence-electron chi connectivity index (χ2n) is 5.16. The highest BCUT2D eigenvalue weighted by Crippen LogP contribution is 2.11. The minimum atomic E-state index is 0.668. The molecule has 0 aliphatic heterocycles. The Balaban J connectivity index is 2.34. The van der Waals surface area contributed by atoms with Crippen LogP contribution in [0.15, 0.2) is 18.5 Å². The number of aryl methyl sites for hydroxylation is 1. The first kappa shape index (κ1) is 13.2. The fraction of sp³-hybridized carbons (Fsp3) is 0.643. The number of rotatable bonds is 6. The Bertz CT molecular complexity index is 307. The van der Waals surface area contributed by atoms with Gasteiger partial charge in [-0.3, -0.25) is 4.98 Å². The summed E-state index contributed by atoms with van der Waals surface area (Å²) in [6.45, 7) is 11.1. The highest BCUT2D eigenvalue weighted by Gasteiger charge is 2.06. The highest BCUT2D eigenvalue weighted by atomic mass is 14.9. The van der Waals surface area contributed by atoms with Crippen LogP contribution in [-0.4, -0.2) is 18.1 Å². The van der Waals surface area contributed by atoms with Crippen LogP contribution in [0.5, 0.6) is 0 Å². The lowest BCUT2D eigenvalue weighted by atomic mass is 9.99. The van der Waals surface area contributed by atoms with E-state index in [1.54, 1.807) is 0 Å². The van der Waals surface area contributed by atoms with Gasteiger partial charge in [-0.1, -0.05) is 20.8 Å². The van der Waals surface area contributed by atoms with Gasteiger partial charge in [0.1, 0.15) is 0 Å². The Hall–Kier alpha value is -0.890. The third kappa shape index (κ3) is 4.75. The SMILES string of the molecule is Cc1ccncc1CC(C)CNCC(C)C. The maximum absolute atomic E-state index is 4.19. The highest BCUT2D eigenvalue weighted by molar-refractivity contribution is 5.21. The maximum atomic E-state index is 4.19. The Morgan fingerprint density at radius 2 is 2.00 bits per heavy atom. The number of aromatic nitrogens is 1. The quantitative estimate of drug-likeness (QED) is 0.797. The van der Waals surface area contributed by atoms with Crippen LogP contribution < -0.4 is 5.32 Å². The summed E-state index contributed by atoms with van der Waals surface area (Å²) < 4.78 is 0. The molecule has 0 spiro atoms. The zero-order chi connectivity index (χ0) is 12.0. The molecule has 1 aromatic heterocycles. The molecule has 90 valence electrons. The Morgan fingerprint density at radius 1 is 1.25 bits per heavy atom. The molecule has 16 heavy (non-hydrogen) atoms. The summed E-state index contributed by atoms with van der Waals surface area (Å²) in [6, 6.07) is 2.09. The number of pyridine rings is 1. The molecular formula is C14H24N2. The Kier molecular flexibility index (Phi) is 5.47. The normalized spacial score (nSPS) is 13.1. The monoisotopic (exact) mass is 220 g/mol. The largest absolute Gasteiger partial charge is 0.316 e. The molecule has 1 heterocycles.